The Morgan fingerprint density at radius 1 is 1.07 bits per heavy atom. The molecule has 1 aliphatic carbocycles. The van der Waals surface area contributed by atoms with Crippen molar-refractivity contribution in [2.75, 3.05) is 26.8 Å². The first kappa shape index (κ1) is 27.2. The molecule has 3 aliphatic rings. The molecule has 2 unspecified atom stereocenters. The van der Waals surface area contributed by atoms with Gasteiger partial charge in [0.05, 0.1) is 48.6 Å². The van der Waals surface area contributed by atoms with Crippen LogP contribution >= 0.6 is 11.6 Å². The van der Waals surface area contributed by atoms with E-state index >= 15 is 0 Å². The Bertz CT molecular complexity index is 1660. The van der Waals surface area contributed by atoms with Crippen molar-refractivity contribution in [1.82, 2.24) is 19.4 Å². The minimum Gasteiger partial charge on any atom is -0.473 e. The van der Waals surface area contributed by atoms with Gasteiger partial charge in [-0.15, -0.1) is 0 Å². The topological polar surface area (TPSA) is 78.7 Å². The molecule has 4 aromatic rings. The molecule has 4 heterocycles. The van der Waals surface area contributed by atoms with E-state index in [4.69, 9.17) is 30.8 Å². The Kier molecular flexibility index (Phi) is 7.08. The Morgan fingerprint density at radius 3 is 2.60 bits per heavy atom. The van der Waals surface area contributed by atoms with Crippen molar-refractivity contribution in [3.8, 4) is 5.88 Å². The zero-order valence-electron chi connectivity index (χ0n) is 22.9. The van der Waals surface area contributed by atoms with Gasteiger partial charge in [-0.05, 0) is 54.7 Å². The van der Waals surface area contributed by atoms with Gasteiger partial charge in [-0.25, -0.2) is 23.5 Å². The maximum Gasteiger partial charge on any atom is 0.337 e. The number of benzene rings is 2. The van der Waals surface area contributed by atoms with Crippen LogP contribution in [0.5, 0.6) is 5.88 Å². The number of hydrogen-bond acceptors (Lipinski definition) is 7. The molecule has 7 rings (SSSR count). The summed E-state index contributed by atoms with van der Waals surface area (Å²) >= 11 is 5.83. The van der Waals surface area contributed by atoms with Crippen LogP contribution in [-0.4, -0.2) is 58.3 Å². The number of esters is 1. The predicted molar refractivity (Wildman–Crippen MR) is 150 cm³/mol. The van der Waals surface area contributed by atoms with E-state index in [1.165, 1.54) is 25.3 Å². The molecule has 0 bridgehead atoms. The summed E-state index contributed by atoms with van der Waals surface area (Å²) in [4.78, 5) is 23.9. The second-order valence-electron chi connectivity index (χ2n) is 11.2. The van der Waals surface area contributed by atoms with E-state index in [9.17, 15) is 13.6 Å². The molecule has 0 N–H and O–H groups in total. The number of methoxy groups -OCH3 is 1. The molecule has 2 aromatic carbocycles. The van der Waals surface area contributed by atoms with Crippen molar-refractivity contribution in [3.63, 3.8) is 0 Å². The lowest BCUT2D eigenvalue weighted by molar-refractivity contribution is -0.0591. The van der Waals surface area contributed by atoms with Gasteiger partial charge in [0.15, 0.2) is 0 Å². The number of piperidine rings is 1. The Hall–Kier alpha value is -3.60. The van der Waals surface area contributed by atoms with Gasteiger partial charge in [-0.2, -0.15) is 0 Å². The van der Waals surface area contributed by atoms with Crippen molar-refractivity contribution < 1.29 is 27.8 Å². The Labute approximate surface area is 246 Å². The summed E-state index contributed by atoms with van der Waals surface area (Å²) in [6, 6.07) is 12.7. The van der Waals surface area contributed by atoms with Crippen molar-refractivity contribution in [2.45, 2.75) is 38.1 Å². The lowest BCUT2D eigenvalue weighted by atomic mass is 10.1. The summed E-state index contributed by atoms with van der Waals surface area (Å²) in [6.45, 7) is 3.64. The molecule has 1 saturated carbocycles. The fourth-order valence-corrected chi connectivity index (χ4v) is 6.42. The van der Waals surface area contributed by atoms with E-state index in [1.54, 1.807) is 18.2 Å². The molecule has 218 valence electrons. The molecule has 0 radical (unpaired) electrons. The van der Waals surface area contributed by atoms with Crippen LogP contribution in [0.2, 0.25) is 5.02 Å². The van der Waals surface area contributed by atoms with Gasteiger partial charge in [-0.3, -0.25) is 4.90 Å². The predicted octanol–water partition coefficient (Wildman–Crippen LogP) is 5.36. The SMILES string of the molecule is COC(=O)c1ccc2nc(CN3C[C@@H]4C(c5nc(OCc6ccc(Cl)cc6F)ccc5F)[C@@H]4C3)n(CC3CCO3)c2c1. The number of imidazole rings is 1. The van der Waals surface area contributed by atoms with Crippen LogP contribution < -0.4 is 4.74 Å². The number of halogens is 3. The Balaban J connectivity index is 1.04. The molecule has 0 spiro atoms. The van der Waals surface area contributed by atoms with Crippen LogP contribution in [0.1, 0.15) is 39.8 Å². The fourth-order valence-electron chi connectivity index (χ4n) is 6.27. The van der Waals surface area contributed by atoms with Crippen molar-refractivity contribution in [2.24, 2.45) is 11.8 Å². The zero-order valence-corrected chi connectivity index (χ0v) is 23.7. The van der Waals surface area contributed by atoms with Crippen molar-refractivity contribution >= 4 is 28.6 Å². The summed E-state index contributed by atoms with van der Waals surface area (Å²) in [6.07, 6.45) is 1.11. The maximum absolute atomic E-state index is 14.9. The fraction of sp³-hybridized carbons (Fsp3) is 0.387. The van der Waals surface area contributed by atoms with Crippen molar-refractivity contribution in [3.05, 3.63) is 87.8 Å². The van der Waals surface area contributed by atoms with E-state index in [2.05, 4.69) is 14.5 Å². The summed E-state index contributed by atoms with van der Waals surface area (Å²) in [5, 5.41) is 0.310. The molecule has 2 aliphatic heterocycles. The summed E-state index contributed by atoms with van der Waals surface area (Å²) in [5.41, 5.74) is 2.94. The van der Waals surface area contributed by atoms with Crippen LogP contribution in [0.4, 0.5) is 8.78 Å². The minimum absolute atomic E-state index is 0.0156. The third kappa shape index (κ3) is 5.12. The van der Waals surface area contributed by atoms with Crippen molar-refractivity contribution in [1.29, 1.82) is 0 Å². The summed E-state index contributed by atoms with van der Waals surface area (Å²) in [7, 11) is 1.37. The van der Waals surface area contributed by atoms with Crippen LogP contribution in [0.25, 0.3) is 11.0 Å². The normalized spacial score (nSPS) is 23.0. The monoisotopic (exact) mass is 594 g/mol. The first-order chi connectivity index (χ1) is 20.4. The number of carbonyl (C=O) groups is 1. The quantitative estimate of drug-likeness (QED) is 0.241. The highest BCUT2D eigenvalue weighted by molar-refractivity contribution is 6.30. The number of likely N-dealkylation sites (tertiary alicyclic amines) is 1. The molecule has 4 atom stereocenters. The Morgan fingerprint density at radius 2 is 1.88 bits per heavy atom. The van der Waals surface area contributed by atoms with Gasteiger partial charge >= 0.3 is 5.97 Å². The molecule has 11 heteroatoms. The third-order valence-corrected chi connectivity index (χ3v) is 8.85. The number of hydrogen-bond donors (Lipinski definition) is 0. The third-order valence-electron chi connectivity index (χ3n) is 8.62. The van der Waals surface area contributed by atoms with Crippen LogP contribution in [-0.2, 0) is 29.2 Å². The number of fused-ring (bicyclic) bond motifs is 2. The summed E-state index contributed by atoms with van der Waals surface area (Å²) in [5.74, 6) is 0.569. The van der Waals surface area contributed by atoms with E-state index in [-0.39, 0.29) is 48.1 Å². The van der Waals surface area contributed by atoms with Crippen LogP contribution in [0, 0.1) is 23.5 Å². The largest absolute Gasteiger partial charge is 0.473 e. The molecular weight excluding hydrogens is 566 g/mol. The van der Waals surface area contributed by atoms with E-state index < -0.39 is 5.82 Å². The number of carbonyl (C=O) groups excluding carboxylic acids is 1. The molecule has 3 fully saturated rings. The smallest absolute Gasteiger partial charge is 0.337 e. The molecule has 0 amide bonds. The van der Waals surface area contributed by atoms with Gasteiger partial charge < -0.3 is 18.8 Å². The first-order valence-electron chi connectivity index (χ1n) is 14.0. The van der Waals surface area contributed by atoms with Gasteiger partial charge in [0.1, 0.15) is 24.1 Å². The van der Waals surface area contributed by atoms with Gasteiger partial charge in [0.2, 0.25) is 5.88 Å². The number of nitrogens with zero attached hydrogens (tertiary/aromatic N) is 4. The first-order valence-corrected chi connectivity index (χ1v) is 14.4. The van der Waals surface area contributed by atoms with Gasteiger partial charge in [-0.1, -0.05) is 17.7 Å². The zero-order chi connectivity index (χ0) is 29.0. The average Bonchev–Trinajstić information content (AvgIpc) is 3.27. The van der Waals surface area contributed by atoms with E-state index in [0.717, 1.165) is 43.0 Å². The van der Waals surface area contributed by atoms with E-state index in [1.807, 2.05) is 12.1 Å². The second kappa shape index (κ2) is 10.9. The number of ether oxygens (including phenoxy) is 3. The highest BCUT2D eigenvalue weighted by Crippen LogP contribution is 2.58. The maximum atomic E-state index is 14.9. The lowest BCUT2D eigenvalue weighted by Crippen LogP contribution is -2.33. The second-order valence-corrected chi connectivity index (χ2v) is 11.6. The molecule has 8 nitrogen and oxygen atoms in total. The van der Waals surface area contributed by atoms with Gasteiger partial charge in [0.25, 0.3) is 0 Å². The highest BCUT2D eigenvalue weighted by Gasteiger charge is 2.57. The van der Waals surface area contributed by atoms with Crippen LogP contribution in [0.3, 0.4) is 0 Å². The molecular formula is C31H29ClF2N4O4. The summed E-state index contributed by atoms with van der Waals surface area (Å²) < 4.78 is 47.5. The number of aromatic nitrogens is 3. The number of pyridine rings is 1. The number of rotatable bonds is 9. The molecule has 2 aromatic heterocycles. The molecule has 2 saturated heterocycles. The highest BCUT2D eigenvalue weighted by atomic mass is 35.5. The van der Waals surface area contributed by atoms with Gasteiger partial charge in [0, 0.05) is 42.3 Å². The standard InChI is InChI=1S/C31H29ClF2N4O4/c1-40-31(39)17-3-6-25-26(10-17)38(12-20-8-9-41-20)27(35-25)15-37-13-21-22(14-37)29(21)30-23(33)5-7-28(36-30)42-16-18-2-4-19(32)11-24(18)34/h2-7,10-11,20-22,29H,8-9,12-16H2,1H3/t20?,21-,22+,29?. The molecule has 42 heavy (non-hydrogen) atoms. The lowest BCUT2D eigenvalue weighted by Gasteiger charge is -2.28. The average molecular weight is 595 g/mol. The van der Waals surface area contributed by atoms with Crippen LogP contribution in [0.15, 0.2) is 48.5 Å². The van der Waals surface area contributed by atoms with E-state index in [0.29, 0.717) is 34.9 Å². The minimum atomic E-state index is -0.459.